The van der Waals surface area contributed by atoms with Crippen molar-refractivity contribution in [1.82, 2.24) is 0 Å². The third-order valence-electron chi connectivity index (χ3n) is 3.98. The Kier molecular flexibility index (Phi) is 8.48. The van der Waals surface area contributed by atoms with Crippen LogP contribution < -0.4 is 15.2 Å². The Hall–Kier alpha value is -2.08. The van der Waals surface area contributed by atoms with Crippen molar-refractivity contribution in [2.45, 2.75) is 66.8 Å². The van der Waals surface area contributed by atoms with Crippen LogP contribution in [0, 0.1) is 10.8 Å². The summed E-state index contributed by atoms with van der Waals surface area (Å²) in [6.45, 7) is 12.8. The lowest BCUT2D eigenvalue weighted by molar-refractivity contribution is -0.142. The first kappa shape index (κ1) is 24.0. The number of rotatable bonds is 8. The summed E-state index contributed by atoms with van der Waals surface area (Å²) in [6, 6.07) is 4.47. The Morgan fingerprint density at radius 3 is 2.21 bits per heavy atom. The van der Waals surface area contributed by atoms with E-state index in [9.17, 15) is 9.59 Å². The zero-order valence-corrected chi connectivity index (χ0v) is 18.3. The van der Waals surface area contributed by atoms with Gasteiger partial charge in [0.25, 0.3) is 0 Å². The van der Waals surface area contributed by atoms with Crippen molar-refractivity contribution in [2.24, 2.45) is 16.6 Å². The number of carbonyl (C=O) groups excluding carboxylic acids is 2. The zero-order valence-electron chi connectivity index (χ0n) is 18.3. The van der Waals surface area contributed by atoms with Crippen molar-refractivity contribution < 1.29 is 23.8 Å². The van der Waals surface area contributed by atoms with E-state index in [4.69, 9.17) is 15.2 Å². The second-order valence-electron chi connectivity index (χ2n) is 9.49. The highest BCUT2D eigenvalue weighted by atomic mass is 16.6. The molecule has 0 fully saturated rings. The number of methoxy groups -OCH3 is 1. The first-order chi connectivity index (χ1) is 12.8. The van der Waals surface area contributed by atoms with Gasteiger partial charge in [-0.05, 0) is 41.4 Å². The second-order valence-corrected chi connectivity index (χ2v) is 9.49. The molecule has 0 amide bonds. The third-order valence-corrected chi connectivity index (χ3v) is 3.98. The number of hydrogen-bond donors (Lipinski definition) is 1. The predicted molar refractivity (Wildman–Crippen MR) is 109 cm³/mol. The molecule has 6 heteroatoms. The van der Waals surface area contributed by atoms with Gasteiger partial charge in [0.2, 0.25) is 0 Å². The molecule has 0 saturated heterocycles. The molecule has 0 heterocycles. The third kappa shape index (κ3) is 9.22. The molecule has 6 nitrogen and oxygen atoms in total. The number of ether oxygens (including phenoxy) is 3. The molecule has 0 aliphatic rings. The highest BCUT2D eigenvalue weighted by molar-refractivity contribution is 5.76. The van der Waals surface area contributed by atoms with Crippen LogP contribution in [-0.2, 0) is 20.7 Å². The van der Waals surface area contributed by atoms with E-state index in [1.54, 1.807) is 18.2 Å². The van der Waals surface area contributed by atoms with Crippen molar-refractivity contribution in [3.05, 3.63) is 23.8 Å². The van der Waals surface area contributed by atoms with Crippen molar-refractivity contribution in [2.75, 3.05) is 13.7 Å². The number of esters is 2. The molecule has 0 bridgehead atoms. The lowest BCUT2D eigenvalue weighted by Gasteiger charge is -2.20. The van der Waals surface area contributed by atoms with E-state index < -0.39 is 12.0 Å². The molecule has 158 valence electrons. The van der Waals surface area contributed by atoms with Gasteiger partial charge in [0.15, 0.2) is 11.5 Å². The van der Waals surface area contributed by atoms with Crippen LogP contribution in [0.3, 0.4) is 0 Å². The van der Waals surface area contributed by atoms with Crippen LogP contribution in [-0.4, -0.2) is 31.7 Å². The van der Waals surface area contributed by atoms with Gasteiger partial charge in [0, 0.05) is 0 Å². The highest BCUT2D eigenvalue weighted by Gasteiger charge is 2.21. The van der Waals surface area contributed by atoms with E-state index >= 15 is 0 Å². The van der Waals surface area contributed by atoms with Crippen molar-refractivity contribution >= 4 is 11.9 Å². The van der Waals surface area contributed by atoms with Crippen LogP contribution in [0.1, 0.15) is 59.9 Å². The average molecular weight is 394 g/mol. The molecular formula is C22H35NO5. The van der Waals surface area contributed by atoms with Crippen LogP contribution in [0.5, 0.6) is 11.5 Å². The molecule has 0 aliphatic carbocycles. The maximum absolute atomic E-state index is 12.2. The molecule has 1 atom stereocenters. The minimum absolute atomic E-state index is 0.119. The Morgan fingerprint density at radius 2 is 1.68 bits per heavy atom. The van der Waals surface area contributed by atoms with E-state index in [-0.39, 0.29) is 16.8 Å². The predicted octanol–water partition coefficient (Wildman–Crippen LogP) is 3.89. The standard InChI is InChI=1S/C22H35NO5/c1-21(2,3)10-11-27-18-13-15(12-16(23)20(25)26-7)8-9-17(18)28-19(24)14-22(4,5)6/h8-9,13,16H,10-12,14,23H2,1-7H3/t16-/m0/s1. The lowest BCUT2D eigenvalue weighted by atomic mass is 9.92. The fourth-order valence-electron chi connectivity index (χ4n) is 2.42. The first-order valence-corrected chi connectivity index (χ1v) is 9.60. The monoisotopic (exact) mass is 393 g/mol. The molecular weight excluding hydrogens is 358 g/mol. The fraction of sp³-hybridized carbons (Fsp3) is 0.636. The summed E-state index contributed by atoms with van der Waals surface area (Å²) in [4.78, 5) is 23.8. The second kappa shape index (κ2) is 9.92. The van der Waals surface area contributed by atoms with Crippen LogP contribution in [0.25, 0.3) is 0 Å². The number of benzene rings is 1. The molecule has 1 aromatic carbocycles. The molecule has 1 aromatic rings. The summed E-state index contributed by atoms with van der Waals surface area (Å²) in [5.41, 5.74) is 6.61. The van der Waals surface area contributed by atoms with E-state index in [2.05, 4.69) is 25.5 Å². The lowest BCUT2D eigenvalue weighted by Crippen LogP contribution is -2.33. The summed E-state index contributed by atoms with van der Waals surface area (Å²) in [5.74, 6) is 0.0580. The van der Waals surface area contributed by atoms with Crippen molar-refractivity contribution in [3.8, 4) is 11.5 Å². The maximum atomic E-state index is 12.2. The van der Waals surface area contributed by atoms with Crippen molar-refractivity contribution in [1.29, 1.82) is 0 Å². The van der Waals surface area contributed by atoms with Gasteiger partial charge in [0.05, 0.1) is 20.1 Å². The van der Waals surface area contributed by atoms with E-state index in [0.717, 1.165) is 12.0 Å². The number of nitrogens with two attached hydrogens (primary N) is 1. The Labute approximate surface area is 168 Å². The van der Waals surface area contributed by atoms with Crippen LogP contribution in [0.2, 0.25) is 0 Å². The molecule has 2 N–H and O–H groups in total. The summed E-state index contributed by atoms with van der Waals surface area (Å²) in [7, 11) is 1.31. The fourth-order valence-corrected chi connectivity index (χ4v) is 2.42. The Balaban J connectivity index is 2.99. The van der Waals surface area contributed by atoms with Gasteiger partial charge in [-0.3, -0.25) is 9.59 Å². The topological polar surface area (TPSA) is 87.9 Å². The molecule has 0 saturated carbocycles. The largest absolute Gasteiger partial charge is 0.490 e. The molecule has 0 aromatic heterocycles. The molecule has 28 heavy (non-hydrogen) atoms. The maximum Gasteiger partial charge on any atom is 0.322 e. The van der Waals surface area contributed by atoms with Gasteiger partial charge in [-0.2, -0.15) is 0 Å². The summed E-state index contributed by atoms with van der Waals surface area (Å²) >= 11 is 0. The molecule has 1 rings (SSSR count). The first-order valence-electron chi connectivity index (χ1n) is 9.60. The highest BCUT2D eigenvalue weighted by Crippen LogP contribution is 2.31. The van der Waals surface area contributed by atoms with Crippen LogP contribution in [0.4, 0.5) is 0 Å². The van der Waals surface area contributed by atoms with Gasteiger partial charge in [-0.25, -0.2) is 0 Å². The minimum atomic E-state index is -0.762. The van der Waals surface area contributed by atoms with Gasteiger partial charge < -0.3 is 19.9 Å². The summed E-state index contributed by atoms with van der Waals surface area (Å²) in [5, 5.41) is 0. The molecule has 0 unspecified atom stereocenters. The average Bonchev–Trinajstić information content (AvgIpc) is 2.53. The van der Waals surface area contributed by atoms with Gasteiger partial charge in [0.1, 0.15) is 6.04 Å². The molecule has 0 radical (unpaired) electrons. The zero-order chi connectivity index (χ0) is 21.5. The Bertz CT molecular complexity index is 670. The van der Waals surface area contributed by atoms with E-state index in [1.165, 1.54) is 7.11 Å². The van der Waals surface area contributed by atoms with Crippen LogP contribution >= 0.6 is 0 Å². The summed E-state index contributed by atoms with van der Waals surface area (Å²) < 4.78 is 16.1. The quantitative estimate of drug-likeness (QED) is 0.532. The summed E-state index contributed by atoms with van der Waals surface area (Å²) in [6.07, 6.45) is 1.44. The van der Waals surface area contributed by atoms with E-state index in [1.807, 2.05) is 20.8 Å². The number of hydrogen-bond acceptors (Lipinski definition) is 6. The SMILES string of the molecule is COC(=O)[C@@H](N)Cc1ccc(OC(=O)CC(C)(C)C)c(OCCC(C)(C)C)c1. The van der Waals surface area contributed by atoms with Gasteiger partial charge in [-0.15, -0.1) is 0 Å². The van der Waals surface area contributed by atoms with Crippen molar-refractivity contribution in [3.63, 3.8) is 0 Å². The molecule has 0 aliphatic heterocycles. The minimum Gasteiger partial charge on any atom is -0.490 e. The van der Waals surface area contributed by atoms with Gasteiger partial charge in [-0.1, -0.05) is 47.6 Å². The Morgan fingerprint density at radius 1 is 1.04 bits per heavy atom. The van der Waals surface area contributed by atoms with Crippen LogP contribution in [0.15, 0.2) is 18.2 Å². The molecule has 0 spiro atoms. The normalized spacial score (nSPS) is 13.0. The van der Waals surface area contributed by atoms with E-state index in [0.29, 0.717) is 30.9 Å². The van der Waals surface area contributed by atoms with Gasteiger partial charge >= 0.3 is 11.9 Å². The number of carbonyl (C=O) groups is 2. The smallest absolute Gasteiger partial charge is 0.322 e.